The Balaban J connectivity index is 4.11. The van der Waals surface area contributed by atoms with Crippen molar-refractivity contribution < 1.29 is 12.9 Å². The first-order chi connectivity index (χ1) is 4.63. The average molecular weight is 165 g/mol. The molecule has 0 radical (unpaired) electrons. The fraction of sp³-hybridized carbons (Fsp3) is 0.714. The highest BCUT2D eigenvalue weighted by Crippen LogP contribution is 2.30. The summed E-state index contributed by atoms with van der Waals surface area (Å²) in [5.74, 6) is 0. The van der Waals surface area contributed by atoms with Gasteiger partial charge in [0.2, 0.25) is 0 Å². The Morgan fingerprint density at radius 1 is 1.27 bits per heavy atom. The summed E-state index contributed by atoms with van der Waals surface area (Å²) in [6.07, 6.45) is 0.0243. The smallest absolute Gasteiger partial charge is 0.445 e. The minimum Gasteiger partial charge on any atom is -0.445 e. The van der Waals surface area contributed by atoms with E-state index in [2.05, 4.69) is 6.58 Å². The van der Waals surface area contributed by atoms with E-state index < -0.39 is 12.4 Å². The number of hydrogen-bond donors (Lipinski definition) is 0. The highest BCUT2D eigenvalue weighted by Gasteiger charge is 2.29. The zero-order valence-electron chi connectivity index (χ0n) is 7.13. The van der Waals surface area contributed by atoms with Crippen molar-refractivity contribution in [3.05, 3.63) is 12.1 Å². The maximum absolute atomic E-state index is 11.9. The molecule has 0 heterocycles. The highest BCUT2D eigenvalue weighted by molar-refractivity contribution is 6.66. The minimum atomic E-state index is -4.83. The molecule has 0 fully saturated rings. The number of hydrogen-bond acceptors (Lipinski definition) is 0. The van der Waals surface area contributed by atoms with E-state index in [-0.39, 0.29) is 11.8 Å². The summed E-state index contributed by atoms with van der Waals surface area (Å²) in [6, 6.07) is 0. The van der Waals surface area contributed by atoms with Crippen LogP contribution in [0.4, 0.5) is 12.9 Å². The molecule has 4 heteroatoms. The summed E-state index contributed by atoms with van der Waals surface area (Å²) in [4.78, 5) is 0. The average Bonchev–Trinajstić information content (AvgIpc) is 1.56. The van der Waals surface area contributed by atoms with E-state index in [0.29, 0.717) is 0 Å². The Hall–Kier alpha value is -0.405. The van der Waals surface area contributed by atoms with Gasteiger partial charge in [-0.15, -0.1) is 12.1 Å². The topological polar surface area (TPSA) is 0 Å². The van der Waals surface area contributed by atoms with Gasteiger partial charge in [-0.3, -0.25) is 0 Å². The Labute approximate surface area is 65.5 Å². The van der Waals surface area contributed by atoms with Gasteiger partial charge in [-0.2, -0.15) is 0 Å². The second-order valence-corrected chi connectivity index (χ2v) is 3.97. The van der Waals surface area contributed by atoms with Crippen molar-refractivity contribution in [3.8, 4) is 0 Å². The van der Waals surface area contributed by atoms with Gasteiger partial charge in [-0.25, -0.2) is 0 Å². The molecule has 0 saturated carbocycles. The van der Waals surface area contributed by atoms with Crippen LogP contribution in [-0.2, 0) is 0 Å². The van der Waals surface area contributed by atoms with Crippen LogP contribution in [0.2, 0.25) is 0 Å². The summed E-state index contributed by atoms with van der Waals surface area (Å²) < 4.78 is 35.8. The van der Waals surface area contributed by atoms with Crippen molar-refractivity contribution in [1.29, 1.82) is 0 Å². The second-order valence-electron chi connectivity index (χ2n) is 3.97. The molecule has 0 bridgehead atoms. The molecule has 0 aromatic carbocycles. The van der Waals surface area contributed by atoms with Crippen LogP contribution >= 0.6 is 0 Å². The number of halogens is 3. The monoisotopic (exact) mass is 165 g/mol. The third-order valence-electron chi connectivity index (χ3n) is 1.22. The maximum atomic E-state index is 11.9. The minimum absolute atomic E-state index is 0.0243. The van der Waals surface area contributed by atoms with Crippen LogP contribution in [0.15, 0.2) is 12.1 Å². The van der Waals surface area contributed by atoms with Gasteiger partial charge in [0.15, 0.2) is 0 Å². The summed E-state index contributed by atoms with van der Waals surface area (Å²) in [5, 5.41) is 0. The lowest BCUT2D eigenvalue weighted by molar-refractivity contribution is 0.396. The molecule has 0 aromatic rings. The molecular weight excluding hydrogens is 152 g/mol. The van der Waals surface area contributed by atoms with E-state index in [1.54, 1.807) is 20.8 Å². The lowest BCUT2D eigenvalue weighted by Crippen LogP contribution is -2.22. The Morgan fingerprint density at radius 3 is 1.73 bits per heavy atom. The molecule has 0 aliphatic heterocycles. The van der Waals surface area contributed by atoms with Crippen LogP contribution in [-0.4, -0.2) is 6.98 Å². The normalized spacial score (nSPS) is 13.3. The Morgan fingerprint density at radius 2 is 1.64 bits per heavy atom. The standard InChI is InChI=1S/C7H13BF3/c1-6(8(9,10)11)5-7(2,3)4/h1,5H2,2-4H3/q-1. The van der Waals surface area contributed by atoms with Crippen molar-refractivity contribution in [2.45, 2.75) is 27.2 Å². The first-order valence-electron chi connectivity index (χ1n) is 3.50. The molecule has 0 aromatic heterocycles. The van der Waals surface area contributed by atoms with E-state index >= 15 is 0 Å². The van der Waals surface area contributed by atoms with Crippen molar-refractivity contribution in [2.24, 2.45) is 5.41 Å². The van der Waals surface area contributed by atoms with Gasteiger partial charge in [0.25, 0.3) is 0 Å². The van der Waals surface area contributed by atoms with Gasteiger partial charge in [0.1, 0.15) is 0 Å². The molecule has 0 unspecified atom stereocenters. The van der Waals surface area contributed by atoms with Gasteiger partial charge in [0.05, 0.1) is 0 Å². The molecule has 0 rings (SSSR count). The lowest BCUT2D eigenvalue weighted by Gasteiger charge is -2.25. The van der Waals surface area contributed by atoms with E-state index in [1.807, 2.05) is 0 Å². The van der Waals surface area contributed by atoms with Gasteiger partial charge < -0.3 is 12.9 Å². The van der Waals surface area contributed by atoms with Crippen LogP contribution in [0, 0.1) is 5.41 Å². The van der Waals surface area contributed by atoms with Crippen LogP contribution in [0.3, 0.4) is 0 Å². The summed E-state index contributed by atoms with van der Waals surface area (Å²) in [7, 11) is 0. The fourth-order valence-electron chi connectivity index (χ4n) is 0.797. The Kier molecular flexibility index (Phi) is 2.81. The number of rotatable bonds is 2. The zero-order valence-corrected chi connectivity index (χ0v) is 7.13. The van der Waals surface area contributed by atoms with E-state index in [4.69, 9.17) is 0 Å². The molecule has 0 saturated heterocycles. The molecular formula is C7H13BF3-. The third kappa shape index (κ3) is 4.93. The van der Waals surface area contributed by atoms with Crippen molar-refractivity contribution in [1.82, 2.24) is 0 Å². The Bertz CT molecular complexity index is 152. The van der Waals surface area contributed by atoms with Crippen LogP contribution < -0.4 is 0 Å². The summed E-state index contributed by atoms with van der Waals surface area (Å²) >= 11 is 0. The van der Waals surface area contributed by atoms with E-state index in [9.17, 15) is 12.9 Å². The quantitative estimate of drug-likeness (QED) is 0.550. The van der Waals surface area contributed by atoms with Crippen LogP contribution in [0.5, 0.6) is 0 Å². The predicted octanol–water partition coefficient (Wildman–Crippen LogP) is 3.37. The molecule has 0 amide bonds. The predicted molar refractivity (Wildman–Crippen MR) is 42.3 cm³/mol. The number of allylic oxidation sites excluding steroid dienone is 1. The van der Waals surface area contributed by atoms with Crippen molar-refractivity contribution in [2.75, 3.05) is 0 Å². The van der Waals surface area contributed by atoms with Crippen molar-refractivity contribution >= 4 is 6.98 Å². The van der Waals surface area contributed by atoms with Gasteiger partial charge in [-0.1, -0.05) is 27.2 Å². The molecule has 0 spiro atoms. The molecule has 66 valence electrons. The van der Waals surface area contributed by atoms with Gasteiger partial charge in [0, 0.05) is 0 Å². The lowest BCUT2D eigenvalue weighted by atomic mass is 9.72. The molecule has 0 aliphatic rings. The van der Waals surface area contributed by atoms with Crippen LogP contribution in [0.1, 0.15) is 27.2 Å². The first-order valence-corrected chi connectivity index (χ1v) is 3.50. The molecule has 0 aliphatic carbocycles. The van der Waals surface area contributed by atoms with Crippen molar-refractivity contribution in [3.63, 3.8) is 0 Å². The third-order valence-corrected chi connectivity index (χ3v) is 1.22. The second kappa shape index (κ2) is 2.91. The maximum Gasteiger partial charge on any atom is 0.505 e. The molecule has 0 N–H and O–H groups in total. The van der Waals surface area contributed by atoms with Gasteiger partial charge in [-0.05, 0) is 5.41 Å². The summed E-state index contributed by atoms with van der Waals surface area (Å²) in [5.41, 5.74) is -0.911. The van der Waals surface area contributed by atoms with Gasteiger partial charge >= 0.3 is 6.98 Å². The zero-order chi connectivity index (χ0) is 9.28. The van der Waals surface area contributed by atoms with E-state index in [1.165, 1.54) is 0 Å². The molecule has 11 heavy (non-hydrogen) atoms. The SMILES string of the molecule is C=C(CC(C)(C)C)[B-](F)(F)F. The largest absolute Gasteiger partial charge is 0.505 e. The first kappa shape index (κ1) is 10.6. The molecule has 0 atom stereocenters. The summed E-state index contributed by atoms with van der Waals surface area (Å²) in [6.45, 7) is 3.48. The fourth-order valence-corrected chi connectivity index (χ4v) is 0.797. The van der Waals surface area contributed by atoms with E-state index in [0.717, 1.165) is 0 Å². The molecule has 0 nitrogen and oxygen atoms in total. The highest BCUT2D eigenvalue weighted by atomic mass is 19.4. The van der Waals surface area contributed by atoms with Crippen LogP contribution in [0.25, 0.3) is 0 Å².